The Kier molecular flexibility index (Phi) is 6.01. The van der Waals surface area contributed by atoms with Crippen molar-refractivity contribution in [2.45, 2.75) is 6.92 Å². The highest BCUT2D eigenvalue weighted by atomic mass is 79.9. The maximum Gasteiger partial charge on any atom is 0.229 e. The van der Waals surface area contributed by atoms with Crippen LogP contribution in [-0.4, -0.2) is 9.97 Å². The largest absolute Gasteiger partial charge is 0.339 e. The van der Waals surface area contributed by atoms with Crippen molar-refractivity contribution < 1.29 is 0 Å². The number of benzene rings is 2. The topological polar surface area (TPSA) is 97.4 Å². The quantitative estimate of drug-likeness (QED) is 0.522. The number of hydrogen-bond donors (Lipinski definition) is 2. The molecular weight excluding hydrogens is 416 g/mol. The van der Waals surface area contributed by atoms with E-state index in [9.17, 15) is 0 Å². The predicted molar refractivity (Wildman–Crippen MR) is 113 cm³/mol. The summed E-state index contributed by atoms with van der Waals surface area (Å²) in [5.41, 5.74) is 4.21. The molecule has 2 N–H and O–H groups in total. The summed E-state index contributed by atoms with van der Waals surface area (Å²) in [6.45, 7) is 1.98. The van der Waals surface area contributed by atoms with Gasteiger partial charge in [0.2, 0.25) is 5.95 Å². The van der Waals surface area contributed by atoms with E-state index in [-0.39, 0.29) is 0 Å². The summed E-state index contributed by atoms with van der Waals surface area (Å²) in [6, 6.07) is 16.8. The number of aryl methyl sites for hydroxylation is 1. The molecular formula is C21H15BrN6. The van der Waals surface area contributed by atoms with Crippen LogP contribution in [0.1, 0.15) is 16.7 Å². The van der Waals surface area contributed by atoms with E-state index in [1.807, 2.05) is 25.1 Å². The molecule has 0 aliphatic rings. The molecule has 2 aromatic carbocycles. The van der Waals surface area contributed by atoms with Gasteiger partial charge in [-0.3, -0.25) is 0 Å². The second-order valence-electron chi connectivity index (χ2n) is 5.86. The van der Waals surface area contributed by atoms with Gasteiger partial charge < -0.3 is 10.6 Å². The van der Waals surface area contributed by atoms with E-state index >= 15 is 0 Å². The third kappa shape index (κ3) is 4.73. The summed E-state index contributed by atoms with van der Waals surface area (Å²) in [5.74, 6) is 1.08. The molecule has 1 aromatic heterocycles. The molecule has 0 unspecified atom stereocenters. The fourth-order valence-corrected chi connectivity index (χ4v) is 3.21. The molecule has 1 heterocycles. The molecule has 0 saturated heterocycles. The number of hydrogen-bond acceptors (Lipinski definition) is 6. The van der Waals surface area contributed by atoms with E-state index in [0.29, 0.717) is 17.3 Å². The third-order valence-corrected chi connectivity index (χ3v) is 4.46. The molecule has 0 saturated carbocycles. The number of nitrogens with one attached hydrogen (secondary N) is 2. The van der Waals surface area contributed by atoms with Gasteiger partial charge in [-0.05, 0) is 82.5 Å². The van der Waals surface area contributed by atoms with E-state index in [0.717, 1.165) is 27.0 Å². The van der Waals surface area contributed by atoms with E-state index in [1.54, 1.807) is 42.6 Å². The van der Waals surface area contributed by atoms with Gasteiger partial charge in [0.25, 0.3) is 0 Å². The second-order valence-corrected chi connectivity index (χ2v) is 6.72. The van der Waals surface area contributed by atoms with Crippen LogP contribution in [0.5, 0.6) is 0 Å². The van der Waals surface area contributed by atoms with Crippen molar-refractivity contribution in [3.63, 3.8) is 0 Å². The number of halogens is 1. The first-order valence-corrected chi connectivity index (χ1v) is 9.12. The van der Waals surface area contributed by atoms with Crippen LogP contribution in [0.15, 0.2) is 59.2 Å². The van der Waals surface area contributed by atoms with Crippen LogP contribution in [0, 0.1) is 29.6 Å². The van der Waals surface area contributed by atoms with Crippen LogP contribution < -0.4 is 10.6 Å². The Labute approximate surface area is 171 Å². The lowest BCUT2D eigenvalue weighted by atomic mass is 10.1. The summed E-state index contributed by atoms with van der Waals surface area (Å²) in [4.78, 5) is 8.72. The summed E-state index contributed by atoms with van der Waals surface area (Å²) < 4.78 is 0.866. The first-order chi connectivity index (χ1) is 13.6. The van der Waals surface area contributed by atoms with Crippen molar-refractivity contribution in [1.29, 1.82) is 10.5 Å². The highest BCUT2D eigenvalue weighted by molar-refractivity contribution is 9.10. The molecule has 0 atom stereocenters. The molecule has 7 heteroatoms. The Hall–Kier alpha value is -3.68. The van der Waals surface area contributed by atoms with E-state index in [4.69, 9.17) is 10.5 Å². The molecule has 0 amide bonds. The molecule has 0 aliphatic carbocycles. The fraction of sp³-hybridized carbons (Fsp3) is 0.0476. The molecule has 0 bridgehead atoms. The van der Waals surface area contributed by atoms with E-state index in [2.05, 4.69) is 42.6 Å². The number of nitriles is 2. The molecule has 0 aliphatic heterocycles. The third-order valence-electron chi connectivity index (χ3n) is 3.84. The Morgan fingerprint density at radius 2 is 1.86 bits per heavy atom. The lowest BCUT2D eigenvalue weighted by Crippen LogP contribution is -2.02. The normalized spacial score (nSPS) is 10.3. The Morgan fingerprint density at radius 3 is 2.54 bits per heavy atom. The van der Waals surface area contributed by atoms with Crippen LogP contribution >= 0.6 is 15.9 Å². The van der Waals surface area contributed by atoms with Crippen molar-refractivity contribution in [3.8, 4) is 12.1 Å². The van der Waals surface area contributed by atoms with Gasteiger partial charge in [0.15, 0.2) is 0 Å². The number of nitrogens with zero attached hydrogens (tertiary/aromatic N) is 4. The SMILES string of the molecule is Cc1cc(/C=C/C#N)cc(Br)c1Nc1ccnc(Nc2ccc(C#N)cc2)n1. The second kappa shape index (κ2) is 8.81. The van der Waals surface area contributed by atoms with Gasteiger partial charge in [-0.2, -0.15) is 15.5 Å². The first kappa shape index (κ1) is 19.1. The molecule has 28 heavy (non-hydrogen) atoms. The Balaban J connectivity index is 1.80. The molecule has 0 radical (unpaired) electrons. The minimum atomic E-state index is 0.442. The standard InChI is InChI=1S/C21H15BrN6/c1-14-11-16(3-2-9-23)12-18(22)20(14)27-19-8-10-25-21(28-19)26-17-6-4-15(13-24)5-7-17/h2-8,10-12H,1H3,(H2,25,26,27,28)/b3-2+. The Bertz CT molecular complexity index is 1080. The smallest absolute Gasteiger partial charge is 0.229 e. The number of rotatable bonds is 5. The van der Waals surface area contributed by atoms with Gasteiger partial charge in [0.1, 0.15) is 5.82 Å². The molecule has 3 aromatic rings. The monoisotopic (exact) mass is 430 g/mol. The van der Waals surface area contributed by atoms with Gasteiger partial charge in [-0.15, -0.1) is 0 Å². The average molecular weight is 431 g/mol. The van der Waals surface area contributed by atoms with Crippen LogP contribution in [-0.2, 0) is 0 Å². The van der Waals surface area contributed by atoms with Crippen molar-refractivity contribution in [3.05, 3.63) is 75.9 Å². The molecule has 136 valence electrons. The van der Waals surface area contributed by atoms with Gasteiger partial charge in [-0.1, -0.05) is 0 Å². The number of aromatic nitrogens is 2. The van der Waals surface area contributed by atoms with Gasteiger partial charge in [0, 0.05) is 22.4 Å². The zero-order valence-corrected chi connectivity index (χ0v) is 16.5. The highest BCUT2D eigenvalue weighted by Crippen LogP contribution is 2.31. The maximum absolute atomic E-state index is 8.87. The molecule has 0 fully saturated rings. The number of allylic oxidation sites excluding steroid dienone is 1. The summed E-state index contributed by atoms with van der Waals surface area (Å²) in [6.07, 6.45) is 4.86. The zero-order chi connectivity index (χ0) is 19.9. The lowest BCUT2D eigenvalue weighted by molar-refractivity contribution is 1.16. The first-order valence-electron chi connectivity index (χ1n) is 8.32. The minimum Gasteiger partial charge on any atom is -0.339 e. The van der Waals surface area contributed by atoms with Crippen molar-refractivity contribution in [1.82, 2.24) is 9.97 Å². The molecule has 0 spiro atoms. The number of anilines is 4. The van der Waals surface area contributed by atoms with E-state index < -0.39 is 0 Å². The maximum atomic E-state index is 8.87. The average Bonchev–Trinajstić information content (AvgIpc) is 2.70. The molecule has 3 rings (SSSR count). The summed E-state index contributed by atoms with van der Waals surface area (Å²) in [5, 5.41) is 24.0. The summed E-state index contributed by atoms with van der Waals surface area (Å²) >= 11 is 3.57. The van der Waals surface area contributed by atoms with Crippen LogP contribution in [0.3, 0.4) is 0 Å². The zero-order valence-electron chi connectivity index (χ0n) is 14.9. The predicted octanol–water partition coefficient (Wildman–Crippen LogP) is 5.44. The van der Waals surface area contributed by atoms with Gasteiger partial charge >= 0.3 is 0 Å². The Morgan fingerprint density at radius 1 is 1.07 bits per heavy atom. The van der Waals surface area contributed by atoms with E-state index in [1.165, 1.54) is 6.08 Å². The summed E-state index contributed by atoms with van der Waals surface area (Å²) in [7, 11) is 0. The van der Waals surface area contributed by atoms with Crippen molar-refractivity contribution in [2.24, 2.45) is 0 Å². The fourth-order valence-electron chi connectivity index (χ4n) is 2.53. The van der Waals surface area contributed by atoms with Crippen molar-refractivity contribution in [2.75, 3.05) is 10.6 Å². The minimum absolute atomic E-state index is 0.442. The lowest BCUT2D eigenvalue weighted by Gasteiger charge is -2.13. The van der Waals surface area contributed by atoms with Crippen molar-refractivity contribution >= 4 is 45.1 Å². The van der Waals surface area contributed by atoms with Crippen LogP contribution in [0.4, 0.5) is 23.1 Å². The van der Waals surface area contributed by atoms with Crippen LogP contribution in [0.2, 0.25) is 0 Å². The van der Waals surface area contributed by atoms with Gasteiger partial charge in [-0.25, -0.2) is 4.98 Å². The highest BCUT2D eigenvalue weighted by Gasteiger charge is 2.08. The van der Waals surface area contributed by atoms with Crippen LogP contribution in [0.25, 0.3) is 6.08 Å². The molecule has 6 nitrogen and oxygen atoms in total. The van der Waals surface area contributed by atoms with Gasteiger partial charge in [0.05, 0.1) is 23.4 Å².